The van der Waals surface area contributed by atoms with Crippen molar-refractivity contribution >= 4 is 27.7 Å². The van der Waals surface area contributed by atoms with Crippen molar-refractivity contribution in [2.75, 3.05) is 5.75 Å². The summed E-state index contributed by atoms with van der Waals surface area (Å²) in [5.74, 6) is 1.32. The summed E-state index contributed by atoms with van der Waals surface area (Å²) >= 11 is 5.32. The summed E-state index contributed by atoms with van der Waals surface area (Å²) < 4.78 is 7.26. The fraction of sp³-hybridized carbons (Fsp3) is 0.625. The molecule has 1 aliphatic rings. The van der Waals surface area contributed by atoms with Crippen molar-refractivity contribution in [3.8, 4) is 0 Å². The lowest BCUT2D eigenvalue weighted by molar-refractivity contribution is -0.0759. The lowest BCUT2D eigenvalue weighted by Gasteiger charge is -2.30. The first-order valence-electron chi connectivity index (χ1n) is 7.04. The third-order valence-corrected chi connectivity index (χ3v) is 5.53. The monoisotopic (exact) mass is 357 g/mol. The van der Waals surface area contributed by atoms with Crippen LogP contribution in [0.3, 0.4) is 0 Å². The Morgan fingerprint density at radius 2 is 2.10 bits per heavy atom. The Labute approximate surface area is 135 Å². The maximum Gasteiger partial charge on any atom is 0.0677 e. The molecule has 0 spiro atoms. The Morgan fingerprint density at radius 3 is 2.65 bits per heavy atom. The van der Waals surface area contributed by atoms with E-state index in [4.69, 9.17) is 10.5 Å². The molecule has 1 aromatic carbocycles. The van der Waals surface area contributed by atoms with Crippen molar-refractivity contribution in [2.45, 2.75) is 56.3 Å². The van der Waals surface area contributed by atoms with E-state index in [0.29, 0.717) is 5.92 Å². The van der Waals surface area contributed by atoms with Crippen LogP contribution in [0.15, 0.2) is 33.6 Å². The minimum Gasteiger partial charge on any atom is -0.369 e. The second kappa shape index (κ2) is 5.99. The van der Waals surface area contributed by atoms with Crippen LogP contribution >= 0.6 is 27.7 Å². The number of hydrogen-bond acceptors (Lipinski definition) is 3. The van der Waals surface area contributed by atoms with Gasteiger partial charge >= 0.3 is 0 Å². The molecule has 112 valence electrons. The van der Waals surface area contributed by atoms with Crippen molar-refractivity contribution < 1.29 is 4.74 Å². The number of hydrogen-bond donors (Lipinski definition) is 1. The van der Waals surface area contributed by atoms with E-state index in [1.807, 2.05) is 17.8 Å². The summed E-state index contributed by atoms with van der Waals surface area (Å²) in [5.41, 5.74) is 6.25. The minimum absolute atomic E-state index is 0.0633. The summed E-state index contributed by atoms with van der Waals surface area (Å²) in [4.78, 5) is 1.26. The molecule has 0 amide bonds. The van der Waals surface area contributed by atoms with E-state index in [2.05, 4.69) is 61.8 Å². The van der Waals surface area contributed by atoms with E-state index in [1.54, 1.807) is 0 Å². The molecule has 1 saturated heterocycles. The molecule has 1 fully saturated rings. The van der Waals surface area contributed by atoms with Gasteiger partial charge in [-0.1, -0.05) is 22.0 Å². The van der Waals surface area contributed by atoms with Crippen LogP contribution in [0, 0.1) is 5.92 Å². The number of halogens is 1. The van der Waals surface area contributed by atoms with Crippen molar-refractivity contribution in [3.05, 3.63) is 28.7 Å². The van der Waals surface area contributed by atoms with Gasteiger partial charge in [0.1, 0.15) is 0 Å². The molecule has 1 aromatic rings. The summed E-state index contributed by atoms with van der Waals surface area (Å²) in [5, 5.41) is 0. The first-order chi connectivity index (χ1) is 9.20. The SMILES string of the molecule is CC1(C)CC(C(N)CSc2cccc(Br)c2)C(C)(C)O1. The van der Waals surface area contributed by atoms with Gasteiger partial charge in [-0.25, -0.2) is 0 Å². The van der Waals surface area contributed by atoms with Gasteiger partial charge in [-0.2, -0.15) is 0 Å². The molecular formula is C16H24BrNOS. The summed E-state index contributed by atoms with van der Waals surface area (Å²) in [7, 11) is 0. The zero-order chi connectivity index (χ0) is 15.0. The van der Waals surface area contributed by atoms with Crippen LogP contribution in [-0.2, 0) is 4.74 Å². The van der Waals surface area contributed by atoms with Gasteiger partial charge in [0.15, 0.2) is 0 Å². The van der Waals surface area contributed by atoms with Crippen LogP contribution in [0.2, 0.25) is 0 Å². The minimum atomic E-state index is -0.138. The molecule has 0 aromatic heterocycles. The van der Waals surface area contributed by atoms with Crippen LogP contribution in [0.25, 0.3) is 0 Å². The van der Waals surface area contributed by atoms with Gasteiger partial charge < -0.3 is 10.5 Å². The Kier molecular flexibility index (Phi) is 4.90. The molecule has 2 nitrogen and oxygen atoms in total. The van der Waals surface area contributed by atoms with E-state index in [0.717, 1.165) is 16.6 Å². The number of benzene rings is 1. The lowest BCUT2D eigenvalue weighted by Crippen LogP contribution is -2.42. The summed E-state index contributed by atoms with van der Waals surface area (Å²) in [6, 6.07) is 8.51. The first kappa shape index (κ1) is 16.3. The molecule has 1 aliphatic heterocycles. The maximum absolute atomic E-state index is 6.45. The zero-order valence-corrected chi connectivity index (χ0v) is 15.1. The van der Waals surface area contributed by atoms with Crippen molar-refractivity contribution in [2.24, 2.45) is 11.7 Å². The second-order valence-corrected chi connectivity index (χ2v) is 8.72. The molecule has 4 heteroatoms. The molecule has 2 rings (SSSR count). The van der Waals surface area contributed by atoms with Gasteiger partial charge in [-0.15, -0.1) is 11.8 Å². The van der Waals surface area contributed by atoms with E-state index < -0.39 is 0 Å². The number of nitrogens with two attached hydrogens (primary N) is 1. The van der Waals surface area contributed by atoms with E-state index in [1.165, 1.54) is 4.90 Å². The standard InChI is InChI=1S/C16H24BrNOS/c1-15(2)9-13(16(3,4)19-15)14(18)10-20-12-7-5-6-11(17)8-12/h5-8,13-14H,9-10,18H2,1-4H3. The quantitative estimate of drug-likeness (QED) is 0.807. The van der Waals surface area contributed by atoms with Gasteiger partial charge in [0.05, 0.1) is 11.2 Å². The van der Waals surface area contributed by atoms with Crippen LogP contribution in [0.5, 0.6) is 0 Å². The van der Waals surface area contributed by atoms with Crippen molar-refractivity contribution in [3.63, 3.8) is 0 Å². The maximum atomic E-state index is 6.45. The van der Waals surface area contributed by atoms with Crippen LogP contribution in [0.4, 0.5) is 0 Å². The summed E-state index contributed by atoms with van der Waals surface area (Å²) in [6.07, 6.45) is 1.03. The van der Waals surface area contributed by atoms with E-state index in [9.17, 15) is 0 Å². The molecule has 2 N–H and O–H groups in total. The highest BCUT2D eigenvalue weighted by molar-refractivity contribution is 9.10. The first-order valence-corrected chi connectivity index (χ1v) is 8.82. The Morgan fingerprint density at radius 1 is 1.40 bits per heavy atom. The third-order valence-electron chi connectivity index (χ3n) is 3.90. The van der Waals surface area contributed by atoms with Crippen molar-refractivity contribution in [1.29, 1.82) is 0 Å². The molecule has 0 bridgehead atoms. The highest BCUT2D eigenvalue weighted by Crippen LogP contribution is 2.43. The second-order valence-electron chi connectivity index (χ2n) is 6.71. The molecule has 0 saturated carbocycles. The van der Waals surface area contributed by atoms with Crippen molar-refractivity contribution in [1.82, 2.24) is 0 Å². The average Bonchev–Trinajstić information content (AvgIpc) is 2.54. The number of thioether (sulfide) groups is 1. The normalized spacial score (nSPS) is 25.6. The van der Waals surface area contributed by atoms with Gasteiger partial charge in [0.2, 0.25) is 0 Å². The highest BCUT2D eigenvalue weighted by Gasteiger charge is 2.47. The predicted octanol–water partition coefficient (Wildman–Crippen LogP) is 4.46. The molecule has 1 heterocycles. The smallest absolute Gasteiger partial charge is 0.0677 e. The molecule has 2 atom stereocenters. The molecule has 20 heavy (non-hydrogen) atoms. The van der Waals surface area contributed by atoms with E-state index in [-0.39, 0.29) is 17.2 Å². The van der Waals surface area contributed by atoms with Gasteiger partial charge in [-0.3, -0.25) is 0 Å². The fourth-order valence-corrected chi connectivity index (χ4v) is 4.69. The van der Waals surface area contributed by atoms with E-state index >= 15 is 0 Å². The Balaban J connectivity index is 1.97. The topological polar surface area (TPSA) is 35.2 Å². The third kappa shape index (κ3) is 4.00. The molecule has 2 unspecified atom stereocenters. The summed E-state index contributed by atoms with van der Waals surface area (Å²) in [6.45, 7) is 8.64. The van der Waals surface area contributed by atoms with Crippen LogP contribution < -0.4 is 5.73 Å². The van der Waals surface area contributed by atoms with Gasteiger partial charge in [0, 0.05) is 27.1 Å². The Bertz CT molecular complexity index is 475. The van der Waals surface area contributed by atoms with Gasteiger partial charge in [0.25, 0.3) is 0 Å². The largest absolute Gasteiger partial charge is 0.369 e. The molecule has 0 radical (unpaired) electrons. The fourth-order valence-electron chi connectivity index (χ4n) is 3.14. The molecular weight excluding hydrogens is 334 g/mol. The average molecular weight is 358 g/mol. The predicted molar refractivity (Wildman–Crippen MR) is 90.2 cm³/mol. The number of rotatable bonds is 4. The lowest BCUT2D eigenvalue weighted by atomic mass is 9.83. The number of ether oxygens (including phenoxy) is 1. The molecule has 0 aliphatic carbocycles. The van der Waals surface area contributed by atoms with Crippen LogP contribution in [0.1, 0.15) is 34.1 Å². The Hall–Kier alpha value is -0.0300. The van der Waals surface area contributed by atoms with Gasteiger partial charge in [-0.05, 0) is 52.3 Å². The van der Waals surface area contributed by atoms with Crippen LogP contribution in [-0.4, -0.2) is 23.0 Å². The zero-order valence-electron chi connectivity index (χ0n) is 12.7. The highest BCUT2D eigenvalue weighted by atomic mass is 79.9.